The molecule has 1 aliphatic carbocycles. The molecule has 0 saturated heterocycles. The van der Waals surface area contributed by atoms with Gasteiger partial charge in [0.15, 0.2) is 0 Å². The van der Waals surface area contributed by atoms with Crippen molar-refractivity contribution in [2.24, 2.45) is 16.8 Å². The Balaban J connectivity index is 2.02. The van der Waals surface area contributed by atoms with Crippen molar-refractivity contribution in [2.45, 2.75) is 45.6 Å². The number of nitrogens with one attached hydrogen (secondary N) is 1. The molecule has 2 aliphatic rings. The van der Waals surface area contributed by atoms with Gasteiger partial charge in [-0.2, -0.15) is 0 Å². The fourth-order valence-corrected chi connectivity index (χ4v) is 2.41. The average Bonchev–Trinajstić information content (AvgIpc) is 2.71. The van der Waals surface area contributed by atoms with Gasteiger partial charge in [0.05, 0.1) is 0 Å². The number of amidine groups is 1. The predicted octanol–water partition coefficient (Wildman–Crippen LogP) is 1.73. The number of rotatable bonds is 2. The van der Waals surface area contributed by atoms with Crippen molar-refractivity contribution in [3.8, 4) is 0 Å². The maximum Gasteiger partial charge on any atom is 0.250 e. The standard InChI is InChI=1S/C11H18N2O/c1-3-9-11(14)13-10(12-9)8-5-4-7(2)6-8/h7-9H,3-6H2,1-2H3,(H,12,13,14). The highest BCUT2D eigenvalue weighted by Crippen LogP contribution is 2.31. The van der Waals surface area contributed by atoms with Crippen LogP contribution in [0.25, 0.3) is 0 Å². The van der Waals surface area contributed by atoms with Crippen LogP contribution in [-0.2, 0) is 4.79 Å². The second-order valence-corrected chi connectivity index (χ2v) is 4.54. The second-order valence-electron chi connectivity index (χ2n) is 4.54. The Morgan fingerprint density at radius 1 is 1.50 bits per heavy atom. The highest BCUT2D eigenvalue weighted by Gasteiger charge is 2.32. The minimum absolute atomic E-state index is 0.0991. The van der Waals surface area contributed by atoms with Crippen molar-refractivity contribution < 1.29 is 4.79 Å². The van der Waals surface area contributed by atoms with E-state index in [1.165, 1.54) is 19.3 Å². The molecule has 0 aromatic heterocycles. The molecule has 3 unspecified atom stereocenters. The summed E-state index contributed by atoms with van der Waals surface area (Å²) in [5.74, 6) is 2.37. The summed E-state index contributed by atoms with van der Waals surface area (Å²) in [5, 5.41) is 2.93. The molecule has 0 aromatic carbocycles. The molecule has 3 atom stereocenters. The molecule has 3 nitrogen and oxygen atoms in total. The van der Waals surface area contributed by atoms with E-state index >= 15 is 0 Å². The summed E-state index contributed by atoms with van der Waals surface area (Å²) in [7, 11) is 0. The molecule has 0 aromatic rings. The Kier molecular flexibility index (Phi) is 2.57. The molecule has 3 heteroatoms. The van der Waals surface area contributed by atoms with Gasteiger partial charge in [0.1, 0.15) is 11.9 Å². The van der Waals surface area contributed by atoms with E-state index in [0.717, 1.165) is 18.2 Å². The Morgan fingerprint density at radius 2 is 2.29 bits per heavy atom. The third-order valence-electron chi connectivity index (χ3n) is 3.32. The van der Waals surface area contributed by atoms with Crippen LogP contribution in [0.3, 0.4) is 0 Å². The van der Waals surface area contributed by atoms with Crippen molar-refractivity contribution in [3.63, 3.8) is 0 Å². The van der Waals surface area contributed by atoms with Gasteiger partial charge in [-0.3, -0.25) is 9.79 Å². The summed E-state index contributed by atoms with van der Waals surface area (Å²) in [5.41, 5.74) is 0. The fourth-order valence-electron chi connectivity index (χ4n) is 2.41. The quantitative estimate of drug-likeness (QED) is 0.714. The van der Waals surface area contributed by atoms with Gasteiger partial charge in [0, 0.05) is 5.92 Å². The van der Waals surface area contributed by atoms with Crippen molar-refractivity contribution in [2.75, 3.05) is 0 Å². The molecule has 1 N–H and O–H groups in total. The topological polar surface area (TPSA) is 41.5 Å². The van der Waals surface area contributed by atoms with Crippen molar-refractivity contribution >= 4 is 11.7 Å². The molecule has 1 saturated carbocycles. The van der Waals surface area contributed by atoms with Gasteiger partial charge >= 0.3 is 0 Å². The van der Waals surface area contributed by atoms with Crippen molar-refractivity contribution in [3.05, 3.63) is 0 Å². The van der Waals surface area contributed by atoms with Crippen LogP contribution >= 0.6 is 0 Å². The SMILES string of the molecule is CCC1N=C(C2CCC(C)C2)NC1=O. The van der Waals surface area contributed by atoms with Crippen molar-refractivity contribution in [1.82, 2.24) is 5.32 Å². The van der Waals surface area contributed by atoms with Gasteiger partial charge in [-0.1, -0.05) is 13.8 Å². The minimum Gasteiger partial charge on any atom is -0.312 e. The first-order valence-electron chi connectivity index (χ1n) is 5.59. The Labute approximate surface area is 85.0 Å². The predicted molar refractivity (Wildman–Crippen MR) is 56.2 cm³/mol. The van der Waals surface area contributed by atoms with E-state index in [-0.39, 0.29) is 11.9 Å². The lowest BCUT2D eigenvalue weighted by atomic mass is 10.1. The largest absolute Gasteiger partial charge is 0.312 e. The molecule has 1 amide bonds. The Bertz CT molecular complexity index is 272. The zero-order valence-electron chi connectivity index (χ0n) is 8.92. The molecular formula is C11H18N2O. The average molecular weight is 194 g/mol. The summed E-state index contributed by atoms with van der Waals surface area (Å²) in [6.45, 7) is 4.28. The van der Waals surface area contributed by atoms with Gasteiger partial charge in [-0.15, -0.1) is 0 Å². The smallest absolute Gasteiger partial charge is 0.250 e. The van der Waals surface area contributed by atoms with Gasteiger partial charge < -0.3 is 5.32 Å². The number of carbonyl (C=O) groups excluding carboxylic acids is 1. The summed E-state index contributed by atoms with van der Waals surface area (Å²) >= 11 is 0. The summed E-state index contributed by atoms with van der Waals surface area (Å²) in [6.07, 6.45) is 4.47. The third-order valence-corrected chi connectivity index (χ3v) is 3.32. The van der Waals surface area contributed by atoms with Crippen LogP contribution in [0.15, 0.2) is 4.99 Å². The van der Waals surface area contributed by atoms with E-state index in [0.29, 0.717) is 5.92 Å². The second kappa shape index (κ2) is 3.71. The summed E-state index contributed by atoms with van der Waals surface area (Å²) in [4.78, 5) is 15.9. The zero-order chi connectivity index (χ0) is 10.1. The number of aliphatic imine (C=N–C) groups is 1. The molecule has 1 fully saturated rings. The number of hydrogen-bond donors (Lipinski definition) is 1. The molecule has 1 heterocycles. The Hall–Kier alpha value is -0.860. The maximum absolute atomic E-state index is 11.4. The van der Waals surface area contributed by atoms with E-state index < -0.39 is 0 Å². The number of nitrogens with zero attached hydrogens (tertiary/aromatic N) is 1. The van der Waals surface area contributed by atoms with E-state index in [9.17, 15) is 4.79 Å². The molecule has 0 bridgehead atoms. The number of carbonyl (C=O) groups is 1. The van der Waals surface area contributed by atoms with Crippen LogP contribution in [0.2, 0.25) is 0 Å². The molecule has 0 spiro atoms. The molecular weight excluding hydrogens is 176 g/mol. The summed E-state index contributed by atoms with van der Waals surface area (Å²) in [6, 6.07) is -0.110. The van der Waals surface area contributed by atoms with E-state index in [4.69, 9.17) is 0 Å². The van der Waals surface area contributed by atoms with E-state index in [1.54, 1.807) is 0 Å². The van der Waals surface area contributed by atoms with Gasteiger partial charge in [0.2, 0.25) is 5.91 Å². The Morgan fingerprint density at radius 3 is 2.79 bits per heavy atom. The molecule has 14 heavy (non-hydrogen) atoms. The van der Waals surface area contributed by atoms with Gasteiger partial charge in [0.25, 0.3) is 0 Å². The van der Waals surface area contributed by atoms with Gasteiger partial charge in [-0.25, -0.2) is 0 Å². The highest BCUT2D eigenvalue weighted by atomic mass is 16.2. The van der Waals surface area contributed by atoms with Crippen LogP contribution in [0.4, 0.5) is 0 Å². The third kappa shape index (κ3) is 1.68. The lowest BCUT2D eigenvalue weighted by Gasteiger charge is -2.08. The number of amides is 1. The summed E-state index contributed by atoms with van der Waals surface area (Å²) < 4.78 is 0. The zero-order valence-corrected chi connectivity index (χ0v) is 8.92. The van der Waals surface area contributed by atoms with Gasteiger partial charge in [-0.05, 0) is 31.6 Å². The van der Waals surface area contributed by atoms with Crippen LogP contribution in [0.5, 0.6) is 0 Å². The highest BCUT2D eigenvalue weighted by molar-refractivity contribution is 6.06. The normalized spacial score (nSPS) is 37.1. The first-order chi connectivity index (χ1) is 6.70. The minimum atomic E-state index is -0.110. The first kappa shape index (κ1) is 9.69. The van der Waals surface area contributed by atoms with Crippen LogP contribution in [0.1, 0.15) is 39.5 Å². The maximum atomic E-state index is 11.4. The molecule has 2 rings (SSSR count). The molecule has 0 radical (unpaired) electrons. The van der Waals surface area contributed by atoms with Crippen LogP contribution in [-0.4, -0.2) is 17.8 Å². The molecule has 1 aliphatic heterocycles. The van der Waals surface area contributed by atoms with E-state index in [1.807, 2.05) is 6.92 Å². The first-order valence-corrected chi connectivity index (χ1v) is 5.59. The van der Waals surface area contributed by atoms with E-state index in [2.05, 4.69) is 17.2 Å². The van der Waals surface area contributed by atoms with Crippen molar-refractivity contribution in [1.29, 1.82) is 0 Å². The van der Waals surface area contributed by atoms with Crippen LogP contribution in [0, 0.1) is 11.8 Å². The monoisotopic (exact) mass is 194 g/mol. The number of hydrogen-bond acceptors (Lipinski definition) is 2. The van der Waals surface area contributed by atoms with Crippen LogP contribution < -0.4 is 5.32 Å². The lowest BCUT2D eigenvalue weighted by molar-refractivity contribution is -0.120. The lowest BCUT2D eigenvalue weighted by Crippen LogP contribution is -2.31. The molecule has 78 valence electrons. The fraction of sp³-hybridized carbons (Fsp3) is 0.818.